The first-order valence-electron chi connectivity index (χ1n) is 8.21. The molecule has 3 aromatic rings. The SMILES string of the molecule is NC(=O)c1cccc2ncc(-c3ccc(N4CCOCC4)cc3)nc12. The molecule has 6 heteroatoms. The Morgan fingerprint density at radius 3 is 2.56 bits per heavy atom. The Morgan fingerprint density at radius 2 is 1.84 bits per heavy atom. The third-order valence-electron chi connectivity index (χ3n) is 4.38. The number of anilines is 1. The predicted octanol–water partition coefficient (Wildman–Crippen LogP) is 2.23. The van der Waals surface area contributed by atoms with Gasteiger partial charge in [-0.3, -0.25) is 9.78 Å². The molecule has 6 nitrogen and oxygen atoms in total. The number of fused-ring (bicyclic) bond motifs is 1. The lowest BCUT2D eigenvalue weighted by molar-refractivity contribution is 0.100. The van der Waals surface area contributed by atoms with Gasteiger partial charge in [0.05, 0.1) is 36.2 Å². The van der Waals surface area contributed by atoms with E-state index in [2.05, 4.69) is 27.0 Å². The van der Waals surface area contributed by atoms with Crippen LogP contribution in [0.4, 0.5) is 5.69 Å². The van der Waals surface area contributed by atoms with Crippen molar-refractivity contribution in [2.24, 2.45) is 5.73 Å². The smallest absolute Gasteiger partial charge is 0.250 e. The molecule has 1 aromatic heterocycles. The lowest BCUT2D eigenvalue weighted by Gasteiger charge is -2.28. The molecule has 25 heavy (non-hydrogen) atoms. The van der Waals surface area contributed by atoms with Gasteiger partial charge in [0.1, 0.15) is 5.52 Å². The van der Waals surface area contributed by atoms with Crippen molar-refractivity contribution in [2.45, 2.75) is 0 Å². The summed E-state index contributed by atoms with van der Waals surface area (Å²) >= 11 is 0. The maximum absolute atomic E-state index is 11.6. The lowest BCUT2D eigenvalue weighted by Crippen LogP contribution is -2.36. The fourth-order valence-corrected chi connectivity index (χ4v) is 3.04. The molecule has 0 unspecified atom stereocenters. The third-order valence-corrected chi connectivity index (χ3v) is 4.38. The van der Waals surface area contributed by atoms with Crippen LogP contribution < -0.4 is 10.6 Å². The second-order valence-electron chi connectivity index (χ2n) is 5.94. The van der Waals surface area contributed by atoms with Gasteiger partial charge < -0.3 is 15.4 Å². The molecular weight excluding hydrogens is 316 g/mol. The normalized spacial score (nSPS) is 14.6. The molecule has 126 valence electrons. The van der Waals surface area contributed by atoms with Crippen LogP contribution in [0.15, 0.2) is 48.7 Å². The molecule has 1 amide bonds. The van der Waals surface area contributed by atoms with Gasteiger partial charge in [-0.25, -0.2) is 4.98 Å². The standard InChI is InChI=1S/C19H18N4O2/c20-19(24)15-2-1-3-16-18(15)22-17(12-21-16)13-4-6-14(7-5-13)23-8-10-25-11-9-23/h1-7,12H,8-11H2,(H2,20,24). The van der Waals surface area contributed by atoms with Crippen LogP contribution in [-0.2, 0) is 4.74 Å². The average Bonchev–Trinajstić information content (AvgIpc) is 2.68. The number of primary amides is 1. The van der Waals surface area contributed by atoms with E-state index in [0.717, 1.165) is 37.6 Å². The van der Waals surface area contributed by atoms with E-state index in [0.29, 0.717) is 16.6 Å². The summed E-state index contributed by atoms with van der Waals surface area (Å²) in [5, 5.41) is 0. The molecule has 1 aliphatic rings. The summed E-state index contributed by atoms with van der Waals surface area (Å²) in [5.41, 5.74) is 9.86. The average molecular weight is 334 g/mol. The minimum atomic E-state index is -0.500. The Kier molecular flexibility index (Phi) is 4.03. The molecule has 1 aliphatic heterocycles. The van der Waals surface area contributed by atoms with E-state index in [1.165, 1.54) is 5.69 Å². The number of rotatable bonds is 3. The first kappa shape index (κ1) is 15.5. The number of ether oxygens (including phenoxy) is 1. The van der Waals surface area contributed by atoms with Gasteiger partial charge in [-0.1, -0.05) is 18.2 Å². The van der Waals surface area contributed by atoms with Gasteiger partial charge in [-0.15, -0.1) is 0 Å². The Morgan fingerprint density at radius 1 is 1.08 bits per heavy atom. The summed E-state index contributed by atoms with van der Waals surface area (Å²) < 4.78 is 5.39. The molecular formula is C19H18N4O2. The van der Waals surface area contributed by atoms with Crippen molar-refractivity contribution in [3.8, 4) is 11.3 Å². The largest absolute Gasteiger partial charge is 0.378 e. The molecule has 0 radical (unpaired) electrons. The van der Waals surface area contributed by atoms with Crippen molar-refractivity contribution in [1.29, 1.82) is 0 Å². The summed E-state index contributed by atoms with van der Waals surface area (Å²) in [5.74, 6) is -0.500. The van der Waals surface area contributed by atoms with Crippen LogP contribution in [0.2, 0.25) is 0 Å². The zero-order valence-electron chi connectivity index (χ0n) is 13.7. The zero-order valence-corrected chi connectivity index (χ0v) is 13.7. The van der Waals surface area contributed by atoms with E-state index >= 15 is 0 Å². The van der Waals surface area contributed by atoms with E-state index in [1.54, 1.807) is 18.3 Å². The van der Waals surface area contributed by atoms with Crippen LogP contribution >= 0.6 is 0 Å². The molecule has 0 bridgehead atoms. The van der Waals surface area contributed by atoms with E-state index < -0.39 is 5.91 Å². The number of morpholine rings is 1. The fourth-order valence-electron chi connectivity index (χ4n) is 3.04. The van der Waals surface area contributed by atoms with Crippen molar-refractivity contribution >= 4 is 22.6 Å². The van der Waals surface area contributed by atoms with Crippen LogP contribution in [0.1, 0.15) is 10.4 Å². The predicted molar refractivity (Wildman–Crippen MR) is 96.5 cm³/mol. The second-order valence-corrected chi connectivity index (χ2v) is 5.94. The first-order chi connectivity index (χ1) is 12.2. The van der Waals surface area contributed by atoms with Gasteiger partial charge in [-0.2, -0.15) is 0 Å². The Balaban J connectivity index is 1.69. The number of hydrogen-bond donors (Lipinski definition) is 1. The summed E-state index contributed by atoms with van der Waals surface area (Å²) in [4.78, 5) is 22.9. The number of amides is 1. The highest BCUT2D eigenvalue weighted by Gasteiger charge is 2.13. The topological polar surface area (TPSA) is 81.3 Å². The van der Waals surface area contributed by atoms with Gasteiger partial charge >= 0.3 is 0 Å². The van der Waals surface area contributed by atoms with Crippen LogP contribution in [0.3, 0.4) is 0 Å². The number of hydrogen-bond acceptors (Lipinski definition) is 5. The number of benzene rings is 2. The summed E-state index contributed by atoms with van der Waals surface area (Å²) in [6.07, 6.45) is 1.72. The molecule has 2 N–H and O–H groups in total. The summed E-state index contributed by atoms with van der Waals surface area (Å²) in [6, 6.07) is 13.4. The number of para-hydroxylation sites is 1. The van der Waals surface area contributed by atoms with Gasteiger partial charge in [0.15, 0.2) is 0 Å². The number of aromatic nitrogens is 2. The molecule has 1 saturated heterocycles. The molecule has 1 fully saturated rings. The highest BCUT2D eigenvalue weighted by Crippen LogP contribution is 2.24. The number of carbonyl (C=O) groups excluding carboxylic acids is 1. The quantitative estimate of drug-likeness (QED) is 0.794. The first-order valence-corrected chi connectivity index (χ1v) is 8.21. The van der Waals surface area contributed by atoms with Crippen molar-refractivity contribution < 1.29 is 9.53 Å². The monoisotopic (exact) mass is 334 g/mol. The van der Waals surface area contributed by atoms with Gasteiger partial charge in [0, 0.05) is 24.3 Å². The van der Waals surface area contributed by atoms with Crippen LogP contribution in [0.5, 0.6) is 0 Å². The molecule has 2 heterocycles. The van der Waals surface area contributed by atoms with E-state index in [4.69, 9.17) is 10.5 Å². The Hall–Kier alpha value is -2.99. The molecule has 0 aliphatic carbocycles. The van der Waals surface area contributed by atoms with Gasteiger partial charge in [0.25, 0.3) is 5.91 Å². The van der Waals surface area contributed by atoms with Crippen molar-refractivity contribution in [2.75, 3.05) is 31.2 Å². The molecule has 0 saturated carbocycles. The van der Waals surface area contributed by atoms with Crippen molar-refractivity contribution in [3.05, 3.63) is 54.2 Å². The maximum Gasteiger partial charge on any atom is 0.250 e. The Labute approximate surface area is 145 Å². The van der Waals surface area contributed by atoms with Crippen LogP contribution in [0.25, 0.3) is 22.3 Å². The van der Waals surface area contributed by atoms with E-state index in [9.17, 15) is 4.79 Å². The number of nitrogens with two attached hydrogens (primary N) is 1. The lowest BCUT2D eigenvalue weighted by atomic mass is 10.1. The third kappa shape index (κ3) is 3.04. The minimum Gasteiger partial charge on any atom is -0.378 e. The molecule has 0 spiro atoms. The fraction of sp³-hybridized carbons (Fsp3) is 0.211. The minimum absolute atomic E-state index is 0.386. The van der Waals surface area contributed by atoms with Crippen LogP contribution in [0, 0.1) is 0 Å². The van der Waals surface area contributed by atoms with Gasteiger partial charge in [0.2, 0.25) is 0 Å². The highest BCUT2D eigenvalue weighted by molar-refractivity contribution is 6.04. The van der Waals surface area contributed by atoms with E-state index in [-0.39, 0.29) is 0 Å². The molecule has 4 rings (SSSR count). The Bertz CT molecular complexity index is 918. The van der Waals surface area contributed by atoms with Crippen LogP contribution in [-0.4, -0.2) is 42.2 Å². The number of carbonyl (C=O) groups is 1. The summed E-state index contributed by atoms with van der Waals surface area (Å²) in [7, 11) is 0. The highest BCUT2D eigenvalue weighted by atomic mass is 16.5. The van der Waals surface area contributed by atoms with Crippen molar-refractivity contribution in [1.82, 2.24) is 9.97 Å². The zero-order chi connectivity index (χ0) is 17.2. The van der Waals surface area contributed by atoms with Crippen molar-refractivity contribution in [3.63, 3.8) is 0 Å². The van der Waals surface area contributed by atoms with Gasteiger partial charge in [-0.05, 0) is 24.3 Å². The maximum atomic E-state index is 11.6. The van der Waals surface area contributed by atoms with E-state index in [1.807, 2.05) is 18.2 Å². The molecule has 0 atom stereocenters. The molecule has 2 aromatic carbocycles. The summed E-state index contributed by atoms with van der Waals surface area (Å²) in [6.45, 7) is 3.32. The second kappa shape index (κ2) is 6.49. The number of nitrogens with zero attached hydrogens (tertiary/aromatic N) is 3.